The van der Waals surface area contributed by atoms with Crippen LogP contribution in [0, 0.1) is 11.7 Å². The first-order chi connectivity index (χ1) is 8.90. The van der Waals surface area contributed by atoms with Gasteiger partial charge < -0.3 is 15.2 Å². The van der Waals surface area contributed by atoms with Gasteiger partial charge in [-0.05, 0) is 31.0 Å². The van der Waals surface area contributed by atoms with E-state index in [9.17, 15) is 14.3 Å². The summed E-state index contributed by atoms with van der Waals surface area (Å²) in [6.45, 7) is 5.92. The molecule has 0 saturated heterocycles. The summed E-state index contributed by atoms with van der Waals surface area (Å²) in [5.74, 6) is -0.0130. The second-order valence-electron chi connectivity index (χ2n) is 4.84. The van der Waals surface area contributed by atoms with Crippen LogP contribution in [0.2, 0.25) is 0 Å². The van der Waals surface area contributed by atoms with Gasteiger partial charge in [0.2, 0.25) is 0 Å². The average molecular weight is 269 g/mol. The Hall–Kier alpha value is -1.62. The van der Waals surface area contributed by atoms with Crippen LogP contribution in [0.15, 0.2) is 18.2 Å². The molecule has 0 spiro atoms. The second-order valence-corrected chi connectivity index (χ2v) is 4.84. The van der Waals surface area contributed by atoms with Crippen molar-refractivity contribution in [3.05, 3.63) is 29.6 Å². The van der Waals surface area contributed by atoms with Crippen molar-refractivity contribution >= 4 is 5.91 Å². The van der Waals surface area contributed by atoms with Gasteiger partial charge in [0.05, 0.1) is 6.10 Å². The minimum atomic E-state index is -0.857. The molecule has 0 aromatic heterocycles. The predicted molar refractivity (Wildman–Crippen MR) is 70.4 cm³/mol. The highest BCUT2D eigenvalue weighted by Gasteiger charge is 2.12. The number of aliphatic hydroxyl groups is 1. The van der Waals surface area contributed by atoms with Gasteiger partial charge in [-0.2, -0.15) is 0 Å². The molecule has 0 bridgehead atoms. The monoisotopic (exact) mass is 269 g/mol. The van der Waals surface area contributed by atoms with Crippen LogP contribution in [-0.4, -0.2) is 24.2 Å². The van der Waals surface area contributed by atoms with E-state index in [4.69, 9.17) is 4.74 Å². The van der Waals surface area contributed by atoms with Crippen LogP contribution >= 0.6 is 0 Å². The molecule has 0 fully saturated rings. The molecule has 0 aliphatic heterocycles. The summed E-state index contributed by atoms with van der Waals surface area (Å²) in [6, 6.07) is 3.84. The van der Waals surface area contributed by atoms with Crippen molar-refractivity contribution in [2.45, 2.75) is 26.9 Å². The van der Waals surface area contributed by atoms with Gasteiger partial charge in [0.1, 0.15) is 11.6 Å². The highest BCUT2D eigenvalue weighted by molar-refractivity contribution is 5.77. The zero-order valence-electron chi connectivity index (χ0n) is 11.4. The Morgan fingerprint density at radius 3 is 2.68 bits per heavy atom. The molecule has 1 aromatic rings. The van der Waals surface area contributed by atoms with Crippen LogP contribution in [0.5, 0.6) is 5.75 Å². The maximum Gasteiger partial charge on any atom is 0.257 e. The molecule has 106 valence electrons. The molecule has 0 saturated carbocycles. The largest absolute Gasteiger partial charge is 0.483 e. The van der Waals surface area contributed by atoms with Crippen LogP contribution in [0.4, 0.5) is 4.39 Å². The molecule has 4 nitrogen and oxygen atoms in total. The molecule has 1 aromatic carbocycles. The third-order valence-electron chi connectivity index (χ3n) is 2.49. The van der Waals surface area contributed by atoms with Gasteiger partial charge in [-0.25, -0.2) is 4.39 Å². The normalized spacial score (nSPS) is 12.3. The lowest BCUT2D eigenvalue weighted by molar-refractivity contribution is -0.123. The lowest BCUT2D eigenvalue weighted by Gasteiger charge is -2.14. The molecule has 5 heteroatoms. The topological polar surface area (TPSA) is 58.6 Å². The SMILES string of the molecule is CC(C)CNC(=O)COc1ccc(F)cc1C(C)O. The quantitative estimate of drug-likeness (QED) is 0.830. The first kappa shape index (κ1) is 15.4. The van der Waals surface area contributed by atoms with E-state index in [1.165, 1.54) is 25.1 Å². The van der Waals surface area contributed by atoms with Crippen LogP contribution in [0.3, 0.4) is 0 Å². The van der Waals surface area contributed by atoms with Crippen molar-refractivity contribution in [2.24, 2.45) is 5.92 Å². The second kappa shape index (κ2) is 7.09. The lowest BCUT2D eigenvalue weighted by Crippen LogP contribution is -2.31. The lowest BCUT2D eigenvalue weighted by atomic mass is 10.1. The van der Waals surface area contributed by atoms with Gasteiger partial charge in [-0.1, -0.05) is 13.8 Å². The number of amides is 1. The molecule has 1 atom stereocenters. The van der Waals surface area contributed by atoms with E-state index < -0.39 is 11.9 Å². The number of rotatable bonds is 6. The first-order valence-electron chi connectivity index (χ1n) is 6.27. The molecule has 19 heavy (non-hydrogen) atoms. The Bertz CT molecular complexity index is 433. The number of benzene rings is 1. The van der Waals surface area contributed by atoms with Crippen LogP contribution in [-0.2, 0) is 4.79 Å². The Morgan fingerprint density at radius 2 is 2.11 bits per heavy atom. The Labute approximate surface area is 112 Å². The van der Waals surface area contributed by atoms with Gasteiger partial charge >= 0.3 is 0 Å². The molecular formula is C14H20FNO3. The molecule has 0 aliphatic carbocycles. The maximum atomic E-state index is 13.1. The van der Waals surface area contributed by atoms with E-state index in [0.717, 1.165) is 0 Å². The van der Waals surface area contributed by atoms with E-state index in [1.807, 2.05) is 13.8 Å². The highest BCUT2D eigenvalue weighted by Crippen LogP contribution is 2.25. The summed E-state index contributed by atoms with van der Waals surface area (Å²) in [6.07, 6.45) is -0.857. The average Bonchev–Trinajstić information content (AvgIpc) is 2.34. The minimum absolute atomic E-state index is 0.155. The zero-order valence-corrected chi connectivity index (χ0v) is 11.4. The Kier molecular flexibility index (Phi) is 5.76. The fourth-order valence-corrected chi connectivity index (χ4v) is 1.49. The third-order valence-corrected chi connectivity index (χ3v) is 2.49. The summed E-state index contributed by atoms with van der Waals surface area (Å²) < 4.78 is 18.4. The van der Waals surface area contributed by atoms with Crippen molar-refractivity contribution in [1.29, 1.82) is 0 Å². The maximum absolute atomic E-state index is 13.1. The number of halogens is 1. The van der Waals surface area contributed by atoms with E-state index >= 15 is 0 Å². The number of carbonyl (C=O) groups is 1. The highest BCUT2D eigenvalue weighted by atomic mass is 19.1. The third kappa shape index (κ3) is 5.26. The molecule has 0 radical (unpaired) electrons. The van der Waals surface area contributed by atoms with Crippen molar-refractivity contribution < 1.29 is 19.0 Å². The van der Waals surface area contributed by atoms with E-state index in [-0.39, 0.29) is 12.5 Å². The van der Waals surface area contributed by atoms with Crippen molar-refractivity contribution in [3.8, 4) is 5.75 Å². The summed E-state index contributed by atoms with van der Waals surface area (Å²) in [4.78, 5) is 11.5. The number of hydrogen-bond acceptors (Lipinski definition) is 3. The zero-order chi connectivity index (χ0) is 14.4. The Balaban J connectivity index is 2.60. The van der Waals surface area contributed by atoms with Crippen molar-refractivity contribution in [2.75, 3.05) is 13.2 Å². The number of nitrogens with one attached hydrogen (secondary N) is 1. The standard InChI is InChI=1S/C14H20FNO3/c1-9(2)7-16-14(18)8-19-13-5-4-11(15)6-12(13)10(3)17/h4-6,9-10,17H,7-8H2,1-3H3,(H,16,18). The van der Waals surface area contributed by atoms with Gasteiger partial charge in [0.25, 0.3) is 5.91 Å². The summed E-state index contributed by atoms with van der Waals surface area (Å²) >= 11 is 0. The van der Waals surface area contributed by atoms with E-state index in [0.29, 0.717) is 23.8 Å². The smallest absolute Gasteiger partial charge is 0.257 e. The Morgan fingerprint density at radius 1 is 1.42 bits per heavy atom. The molecular weight excluding hydrogens is 249 g/mol. The molecule has 2 N–H and O–H groups in total. The fourth-order valence-electron chi connectivity index (χ4n) is 1.49. The van der Waals surface area contributed by atoms with Gasteiger partial charge in [-0.3, -0.25) is 4.79 Å². The minimum Gasteiger partial charge on any atom is -0.483 e. The molecule has 1 amide bonds. The molecule has 0 aliphatic rings. The van der Waals surface area contributed by atoms with Crippen LogP contribution < -0.4 is 10.1 Å². The van der Waals surface area contributed by atoms with Gasteiger partial charge in [0.15, 0.2) is 6.61 Å². The number of ether oxygens (including phenoxy) is 1. The van der Waals surface area contributed by atoms with Gasteiger partial charge in [-0.15, -0.1) is 0 Å². The predicted octanol–water partition coefficient (Wildman–Crippen LogP) is 2.03. The van der Waals surface area contributed by atoms with Crippen molar-refractivity contribution in [3.63, 3.8) is 0 Å². The molecule has 1 rings (SSSR count). The number of carbonyl (C=O) groups excluding carboxylic acids is 1. The summed E-state index contributed by atoms with van der Waals surface area (Å²) in [7, 11) is 0. The van der Waals surface area contributed by atoms with Gasteiger partial charge in [0, 0.05) is 12.1 Å². The van der Waals surface area contributed by atoms with Crippen LogP contribution in [0.1, 0.15) is 32.4 Å². The first-order valence-corrected chi connectivity index (χ1v) is 6.27. The van der Waals surface area contributed by atoms with E-state index in [1.54, 1.807) is 0 Å². The molecule has 1 unspecified atom stereocenters. The van der Waals surface area contributed by atoms with E-state index in [2.05, 4.69) is 5.32 Å². The molecule has 0 heterocycles. The summed E-state index contributed by atoms with van der Waals surface area (Å²) in [5, 5.41) is 12.2. The summed E-state index contributed by atoms with van der Waals surface area (Å²) in [5.41, 5.74) is 0.330. The number of hydrogen-bond donors (Lipinski definition) is 2. The fraction of sp³-hybridized carbons (Fsp3) is 0.500. The van der Waals surface area contributed by atoms with Crippen molar-refractivity contribution in [1.82, 2.24) is 5.32 Å². The van der Waals surface area contributed by atoms with Crippen LogP contribution in [0.25, 0.3) is 0 Å². The number of aliphatic hydroxyl groups excluding tert-OH is 1.